The van der Waals surface area contributed by atoms with Crippen LogP contribution in [0.2, 0.25) is 0 Å². The van der Waals surface area contributed by atoms with Crippen LogP contribution in [0.25, 0.3) is 0 Å². The lowest BCUT2D eigenvalue weighted by atomic mass is 9.97. The summed E-state index contributed by atoms with van der Waals surface area (Å²) in [6.45, 7) is 8.57. The highest BCUT2D eigenvalue weighted by Gasteiger charge is 2.31. The quantitative estimate of drug-likeness (QED) is 0.447. The van der Waals surface area contributed by atoms with Gasteiger partial charge in [0.25, 0.3) is 0 Å². The van der Waals surface area contributed by atoms with E-state index in [4.69, 9.17) is 9.47 Å². The van der Waals surface area contributed by atoms with Crippen LogP contribution in [-0.2, 0) is 14.3 Å². The number of likely N-dealkylation sites (tertiary alicyclic amines) is 2. The van der Waals surface area contributed by atoms with Crippen molar-refractivity contribution in [3.05, 3.63) is 0 Å². The number of amides is 1. The SMILES string of the molecule is CN=C(NCC1CCCCN1C(=O)OC(C)(C)C)N1CCC(C(=O)OC)CC1. The van der Waals surface area contributed by atoms with Gasteiger partial charge in [0.05, 0.1) is 19.1 Å². The number of guanidine groups is 1. The molecule has 28 heavy (non-hydrogen) atoms. The van der Waals surface area contributed by atoms with Crippen molar-refractivity contribution in [2.24, 2.45) is 10.9 Å². The van der Waals surface area contributed by atoms with Crippen molar-refractivity contribution < 1.29 is 19.1 Å². The molecule has 0 spiro atoms. The maximum atomic E-state index is 12.6. The number of methoxy groups -OCH3 is 1. The van der Waals surface area contributed by atoms with Gasteiger partial charge in [-0.15, -0.1) is 0 Å². The lowest BCUT2D eigenvalue weighted by Gasteiger charge is -2.38. The highest BCUT2D eigenvalue weighted by molar-refractivity contribution is 5.80. The van der Waals surface area contributed by atoms with Crippen molar-refractivity contribution in [3.63, 3.8) is 0 Å². The number of nitrogens with one attached hydrogen (secondary N) is 1. The van der Waals surface area contributed by atoms with Gasteiger partial charge in [-0.3, -0.25) is 9.79 Å². The van der Waals surface area contributed by atoms with E-state index in [1.54, 1.807) is 7.05 Å². The minimum absolute atomic E-state index is 0.0274. The molecule has 1 atom stereocenters. The van der Waals surface area contributed by atoms with Gasteiger partial charge in [0.2, 0.25) is 0 Å². The van der Waals surface area contributed by atoms with E-state index >= 15 is 0 Å². The van der Waals surface area contributed by atoms with Gasteiger partial charge < -0.3 is 24.6 Å². The average Bonchev–Trinajstić information content (AvgIpc) is 2.67. The second-order valence-electron chi connectivity index (χ2n) is 8.54. The number of rotatable bonds is 3. The molecule has 2 aliphatic heterocycles. The minimum atomic E-state index is -0.494. The van der Waals surface area contributed by atoms with E-state index in [1.807, 2.05) is 25.7 Å². The Labute approximate surface area is 168 Å². The summed E-state index contributed by atoms with van der Waals surface area (Å²) in [6.07, 6.45) is 4.35. The number of carbonyl (C=O) groups excluding carboxylic acids is 2. The lowest BCUT2D eigenvalue weighted by Crippen LogP contribution is -2.53. The third kappa shape index (κ3) is 6.27. The van der Waals surface area contributed by atoms with Gasteiger partial charge in [-0.2, -0.15) is 0 Å². The summed E-state index contributed by atoms with van der Waals surface area (Å²) in [6, 6.07) is 0.0907. The van der Waals surface area contributed by atoms with Crippen LogP contribution in [0.3, 0.4) is 0 Å². The molecule has 0 aromatic rings. The molecule has 8 heteroatoms. The lowest BCUT2D eigenvalue weighted by molar-refractivity contribution is -0.146. The van der Waals surface area contributed by atoms with Gasteiger partial charge in [0.1, 0.15) is 5.60 Å². The monoisotopic (exact) mass is 396 g/mol. The first-order chi connectivity index (χ1) is 13.2. The van der Waals surface area contributed by atoms with E-state index in [1.165, 1.54) is 7.11 Å². The van der Waals surface area contributed by atoms with E-state index in [-0.39, 0.29) is 24.0 Å². The maximum Gasteiger partial charge on any atom is 0.410 e. The first-order valence-corrected chi connectivity index (χ1v) is 10.3. The normalized spacial score (nSPS) is 22.0. The zero-order chi connectivity index (χ0) is 20.7. The predicted molar refractivity (Wildman–Crippen MR) is 108 cm³/mol. The molecule has 0 saturated carbocycles. The van der Waals surface area contributed by atoms with E-state index in [9.17, 15) is 9.59 Å². The number of hydrogen-bond acceptors (Lipinski definition) is 5. The van der Waals surface area contributed by atoms with Crippen molar-refractivity contribution in [1.82, 2.24) is 15.1 Å². The van der Waals surface area contributed by atoms with Gasteiger partial charge in [0.15, 0.2) is 5.96 Å². The summed E-state index contributed by atoms with van der Waals surface area (Å²) in [4.78, 5) is 32.7. The van der Waals surface area contributed by atoms with Crippen molar-refractivity contribution >= 4 is 18.0 Å². The van der Waals surface area contributed by atoms with Crippen LogP contribution in [0.4, 0.5) is 4.79 Å². The first-order valence-electron chi connectivity index (χ1n) is 10.3. The second kappa shape index (κ2) is 9.98. The van der Waals surface area contributed by atoms with Gasteiger partial charge in [-0.05, 0) is 52.9 Å². The Bertz CT molecular complexity index is 565. The summed E-state index contributed by atoms with van der Waals surface area (Å²) < 4.78 is 10.4. The van der Waals surface area contributed by atoms with Crippen LogP contribution in [0.1, 0.15) is 52.9 Å². The molecule has 0 aliphatic carbocycles. The number of aliphatic imine (C=N–C) groups is 1. The largest absolute Gasteiger partial charge is 0.469 e. The molecule has 1 amide bonds. The number of carbonyl (C=O) groups is 2. The van der Waals surface area contributed by atoms with Crippen LogP contribution >= 0.6 is 0 Å². The summed E-state index contributed by atoms with van der Waals surface area (Å²) in [7, 11) is 3.21. The summed E-state index contributed by atoms with van der Waals surface area (Å²) in [5.74, 6) is 0.663. The van der Waals surface area contributed by atoms with E-state index in [2.05, 4.69) is 15.2 Å². The second-order valence-corrected chi connectivity index (χ2v) is 8.54. The molecular weight excluding hydrogens is 360 g/mol. The molecule has 0 aromatic carbocycles. The molecule has 0 radical (unpaired) electrons. The zero-order valence-electron chi connectivity index (χ0n) is 18.0. The summed E-state index contributed by atoms with van der Waals surface area (Å²) >= 11 is 0. The molecule has 8 nitrogen and oxygen atoms in total. The fourth-order valence-electron chi connectivity index (χ4n) is 3.81. The molecule has 1 unspecified atom stereocenters. The Balaban J connectivity index is 1.89. The number of ether oxygens (including phenoxy) is 2. The highest BCUT2D eigenvalue weighted by Crippen LogP contribution is 2.21. The maximum absolute atomic E-state index is 12.6. The Morgan fingerprint density at radius 3 is 2.36 bits per heavy atom. The molecule has 0 bridgehead atoms. The molecular formula is C20H36N4O4. The Kier molecular flexibility index (Phi) is 7.95. The molecule has 2 heterocycles. The van der Waals surface area contributed by atoms with Crippen LogP contribution in [0.5, 0.6) is 0 Å². The summed E-state index contributed by atoms with van der Waals surface area (Å²) in [5.41, 5.74) is -0.494. The van der Waals surface area contributed by atoms with Gasteiger partial charge >= 0.3 is 12.1 Å². The molecule has 0 aromatic heterocycles. The number of hydrogen-bond donors (Lipinski definition) is 1. The zero-order valence-corrected chi connectivity index (χ0v) is 18.0. The van der Waals surface area contributed by atoms with Gasteiger partial charge in [0, 0.05) is 33.2 Å². The first kappa shape index (κ1) is 22.3. The molecule has 1 N–H and O–H groups in total. The fraction of sp³-hybridized carbons (Fsp3) is 0.850. The molecule has 2 fully saturated rings. The smallest absolute Gasteiger partial charge is 0.410 e. The van der Waals surface area contributed by atoms with Gasteiger partial charge in [-0.1, -0.05) is 0 Å². The van der Waals surface area contributed by atoms with Gasteiger partial charge in [-0.25, -0.2) is 4.79 Å². The molecule has 160 valence electrons. The highest BCUT2D eigenvalue weighted by atomic mass is 16.6. The molecule has 2 rings (SSSR count). The standard InChI is InChI=1S/C20H36N4O4/c1-20(2,3)28-19(26)24-11-7-6-8-16(24)14-22-18(21-4)23-12-9-15(10-13-23)17(25)27-5/h15-16H,6-14H2,1-5H3,(H,21,22). The molecule has 2 aliphatic rings. The Morgan fingerprint density at radius 1 is 1.11 bits per heavy atom. The fourth-order valence-corrected chi connectivity index (χ4v) is 3.81. The third-order valence-corrected chi connectivity index (χ3v) is 5.29. The summed E-state index contributed by atoms with van der Waals surface area (Å²) in [5, 5.41) is 3.42. The number of piperidine rings is 2. The van der Waals surface area contributed by atoms with Crippen LogP contribution in [0.15, 0.2) is 4.99 Å². The Hall–Kier alpha value is -1.99. The molecule has 2 saturated heterocycles. The van der Waals surface area contributed by atoms with E-state index < -0.39 is 5.60 Å². The van der Waals surface area contributed by atoms with Crippen molar-refractivity contribution in [2.75, 3.05) is 40.3 Å². The van der Waals surface area contributed by atoms with Crippen molar-refractivity contribution in [3.8, 4) is 0 Å². The number of esters is 1. The number of nitrogens with zero attached hydrogens (tertiary/aromatic N) is 3. The van der Waals surface area contributed by atoms with Crippen molar-refractivity contribution in [1.29, 1.82) is 0 Å². The third-order valence-electron chi connectivity index (χ3n) is 5.29. The Morgan fingerprint density at radius 2 is 1.79 bits per heavy atom. The topological polar surface area (TPSA) is 83.5 Å². The van der Waals surface area contributed by atoms with Crippen LogP contribution < -0.4 is 5.32 Å². The van der Waals surface area contributed by atoms with Crippen LogP contribution in [-0.4, -0.2) is 79.8 Å². The minimum Gasteiger partial charge on any atom is -0.469 e. The van der Waals surface area contributed by atoms with E-state index in [0.29, 0.717) is 6.54 Å². The van der Waals surface area contributed by atoms with Crippen LogP contribution in [0, 0.1) is 5.92 Å². The predicted octanol–water partition coefficient (Wildman–Crippen LogP) is 2.24. The van der Waals surface area contributed by atoms with Crippen molar-refractivity contribution in [2.45, 2.75) is 64.5 Å². The average molecular weight is 397 g/mol. The van der Waals surface area contributed by atoms with E-state index in [0.717, 1.165) is 57.7 Å².